The summed E-state index contributed by atoms with van der Waals surface area (Å²) < 4.78 is 0. The Morgan fingerprint density at radius 2 is 2.04 bits per heavy atom. The highest BCUT2D eigenvalue weighted by molar-refractivity contribution is 7.98. The second-order valence-electron chi connectivity index (χ2n) is 5.53. The molecular formula is C17H21N3O4S. The molecule has 2 rings (SSSR count). The Kier molecular flexibility index (Phi) is 7.25. The molecule has 1 aliphatic rings. The Morgan fingerprint density at radius 3 is 2.56 bits per heavy atom. The number of benzene rings is 1. The van der Waals surface area contributed by atoms with Gasteiger partial charge in [0.1, 0.15) is 0 Å². The molecule has 0 bridgehead atoms. The molecule has 1 aliphatic carbocycles. The SMILES string of the molecule is CC1(C(=O)O)C=CC=C(C(=O)O)C1.CSc1cccc(NC(=N)N)c1. The fourth-order valence-electron chi connectivity index (χ4n) is 2.04. The average molecular weight is 363 g/mol. The van der Waals surface area contributed by atoms with Crippen LogP contribution in [0.2, 0.25) is 0 Å². The Hall–Kier alpha value is -2.74. The number of guanidine groups is 1. The molecule has 1 atom stereocenters. The van der Waals surface area contributed by atoms with E-state index in [-0.39, 0.29) is 18.0 Å². The third-order valence-electron chi connectivity index (χ3n) is 3.43. The monoisotopic (exact) mass is 363 g/mol. The van der Waals surface area contributed by atoms with Crippen molar-refractivity contribution in [2.24, 2.45) is 11.1 Å². The summed E-state index contributed by atoms with van der Waals surface area (Å²) in [6.07, 6.45) is 6.44. The first-order valence-corrected chi connectivity index (χ1v) is 8.50. The highest BCUT2D eigenvalue weighted by Gasteiger charge is 2.34. The predicted molar refractivity (Wildman–Crippen MR) is 99.0 cm³/mol. The lowest BCUT2D eigenvalue weighted by Gasteiger charge is -2.23. The van der Waals surface area contributed by atoms with Crippen LogP contribution in [0.5, 0.6) is 0 Å². The van der Waals surface area contributed by atoms with E-state index in [4.69, 9.17) is 21.4 Å². The Morgan fingerprint density at radius 1 is 1.36 bits per heavy atom. The van der Waals surface area contributed by atoms with E-state index in [1.807, 2.05) is 30.5 Å². The van der Waals surface area contributed by atoms with Crippen molar-refractivity contribution >= 4 is 35.3 Å². The van der Waals surface area contributed by atoms with Gasteiger partial charge < -0.3 is 21.3 Å². The lowest BCUT2D eigenvalue weighted by atomic mass is 9.80. The summed E-state index contributed by atoms with van der Waals surface area (Å²) >= 11 is 1.66. The zero-order chi connectivity index (χ0) is 19.0. The van der Waals surface area contributed by atoms with Crippen LogP contribution in [0, 0.1) is 10.8 Å². The van der Waals surface area contributed by atoms with Gasteiger partial charge in [-0.05, 0) is 37.8 Å². The highest BCUT2D eigenvalue weighted by Crippen LogP contribution is 2.31. The largest absolute Gasteiger partial charge is 0.481 e. The van der Waals surface area contributed by atoms with Crippen molar-refractivity contribution < 1.29 is 19.8 Å². The molecule has 0 amide bonds. The normalized spacial score (nSPS) is 18.4. The smallest absolute Gasteiger partial charge is 0.331 e. The molecule has 0 heterocycles. The molecule has 7 nitrogen and oxygen atoms in total. The fourth-order valence-corrected chi connectivity index (χ4v) is 2.50. The summed E-state index contributed by atoms with van der Waals surface area (Å²) in [5.41, 5.74) is 5.09. The molecular weight excluding hydrogens is 342 g/mol. The molecule has 8 heteroatoms. The van der Waals surface area contributed by atoms with Gasteiger partial charge in [0, 0.05) is 16.2 Å². The van der Waals surface area contributed by atoms with Gasteiger partial charge in [-0.1, -0.05) is 24.3 Å². The Labute approximate surface area is 150 Å². The molecule has 134 valence electrons. The van der Waals surface area contributed by atoms with Gasteiger partial charge in [-0.3, -0.25) is 10.2 Å². The number of rotatable bonds is 4. The van der Waals surface area contributed by atoms with E-state index in [1.54, 1.807) is 11.8 Å². The molecule has 0 aliphatic heterocycles. The van der Waals surface area contributed by atoms with Crippen LogP contribution in [0.4, 0.5) is 5.69 Å². The van der Waals surface area contributed by atoms with Crippen LogP contribution in [0.1, 0.15) is 13.3 Å². The van der Waals surface area contributed by atoms with Gasteiger partial charge in [0.05, 0.1) is 5.41 Å². The Bertz CT molecular complexity index is 730. The second-order valence-corrected chi connectivity index (χ2v) is 6.41. The number of thioether (sulfide) groups is 1. The average Bonchev–Trinajstić information content (AvgIpc) is 2.55. The van der Waals surface area contributed by atoms with Crippen molar-refractivity contribution in [3.05, 3.63) is 48.1 Å². The lowest BCUT2D eigenvalue weighted by Crippen LogP contribution is -2.28. The molecule has 25 heavy (non-hydrogen) atoms. The highest BCUT2D eigenvalue weighted by atomic mass is 32.2. The summed E-state index contributed by atoms with van der Waals surface area (Å²) in [7, 11) is 0. The number of hydrogen-bond donors (Lipinski definition) is 5. The molecule has 0 aromatic heterocycles. The maximum Gasteiger partial charge on any atom is 0.331 e. The van der Waals surface area contributed by atoms with Crippen LogP contribution < -0.4 is 11.1 Å². The minimum absolute atomic E-state index is 0.0340. The molecule has 0 radical (unpaired) electrons. The number of carbonyl (C=O) groups is 2. The van der Waals surface area contributed by atoms with Crippen molar-refractivity contribution in [3.8, 4) is 0 Å². The predicted octanol–water partition coefficient (Wildman–Crippen LogP) is 2.76. The summed E-state index contributed by atoms with van der Waals surface area (Å²) in [6.45, 7) is 1.50. The van der Waals surface area contributed by atoms with Crippen LogP contribution in [-0.2, 0) is 9.59 Å². The van der Waals surface area contributed by atoms with Crippen LogP contribution in [-0.4, -0.2) is 34.4 Å². The number of anilines is 1. The maximum absolute atomic E-state index is 10.8. The van der Waals surface area contributed by atoms with Crippen LogP contribution >= 0.6 is 11.8 Å². The van der Waals surface area contributed by atoms with Crippen LogP contribution in [0.15, 0.2) is 53.0 Å². The first-order valence-electron chi connectivity index (χ1n) is 7.28. The lowest BCUT2D eigenvalue weighted by molar-refractivity contribution is -0.145. The molecule has 1 aromatic carbocycles. The number of hydrogen-bond acceptors (Lipinski definition) is 4. The first kappa shape index (κ1) is 20.3. The molecule has 0 spiro atoms. The molecule has 6 N–H and O–H groups in total. The number of carboxylic acids is 2. The zero-order valence-electron chi connectivity index (χ0n) is 13.9. The van der Waals surface area contributed by atoms with E-state index in [2.05, 4.69) is 5.32 Å². The standard InChI is InChI=1S/C9H10O4.C8H11N3S/c1-9(8(12)13)4-2-3-6(5-9)7(10)11;1-12-7-4-2-3-6(5-7)11-8(9)10/h2-4H,5H2,1H3,(H,10,11)(H,12,13);2-5H,1H3,(H4,9,10,11). The molecule has 0 saturated carbocycles. The maximum atomic E-state index is 10.8. The van der Waals surface area contributed by atoms with Crippen molar-refractivity contribution in [2.75, 3.05) is 11.6 Å². The fraction of sp³-hybridized carbons (Fsp3) is 0.235. The van der Waals surface area contributed by atoms with Gasteiger partial charge in [0.2, 0.25) is 0 Å². The summed E-state index contributed by atoms with van der Waals surface area (Å²) in [5.74, 6) is -2.10. The minimum Gasteiger partial charge on any atom is -0.481 e. The third kappa shape index (κ3) is 6.34. The number of aliphatic carboxylic acids is 2. The van der Waals surface area contributed by atoms with Crippen LogP contribution in [0.3, 0.4) is 0 Å². The number of nitrogens with one attached hydrogen (secondary N) is 2. The molecule has 1 unspecified atom stereocenters. The topological polar surface area (TPSA) is 136 Å². The van der Waals surface area contributed by atoms with E-state index in [9.17, 15) is 9.59 Å². The van der Waals surface area contributed by atoms with E-state index >= 15 is 0 Å². The molecule has 1 aromatic rings. The van der Waals surface area contributed by atoms with Gasteiger partial charge >= 0.3 is 11.9 Å². The van der Waals surface area contributed by atoms with E-state index in [0.29, 0.717) is 0 Å². The van der Waals surface area contributed by atoms with Crippen LogP contribution in [0.25, 0.3) is 0 Å². The third-order valence-corrected chi connectivity index (χ3v) is 4.16. The molecule has 0 saturated heterocycles. The van der Waals surface area contributed by atoms with Gasteiger partial charge in [0.25, 0.3) is 0 Å². The zero-order valence-corrected chi connectivity index (χ0v) is 14.8. The van der Waals surface area contributed by atoms with E-state index in [1.165, 1.54) is 25.2 Å². The van der Waals surface area contributed by atoms with Crippen molar-refractivity contribution in [1.29, 1.82) is 5.41 Å². The van der Waals surface area contributed by atoms with Gasteiger partial charge in [0.15, 0.2) is 5.96 Å². The number of carboxylic acid groups (broad SMARTS) is 2. The van der Waals surface area contributed by atoms with Crippen molar-refractivity contribution in [2.45, 2.75) is 18.2 Å². The van der Waals surface area contributed by atoms with Crippen molar-refractivity contribution in [1.82, 2.24) is 0 Å². The Balaban J connectivity index is 0.000000251. The first-order chi connectivity index (χ1) is 11.7. The summed E-state index contributed by atoms with van der Waals surface area (Å²) in [4.78, 5) is 22.5. The summed E-state index contributed by atoms with van der Waals surface area (Å²) in [5, 5.41) is 27.2. The van der Waals surface area contributed by atoms with Gasteiger partial charge in [-0.2, -0.15) is 0 Å². The second kappa shape index (κ2) is 8.93. The van der Waals surface area contributed by atoms with E-state index < -0.39 is 17.4 Å². The van der Waals surface area contributed by atoms with Crippen molar-refractivity contribution in [3.63, 3.8) is 0 Å². The van der Waals surface area contributed by atoms with E-state index in [0.717, 1.165) is 10.6 Å². The summed E-state index contributed by atoms with van der Waals surface area (Å²) in [6, 6.07) is 7.76. The number of nitrogens with two attached hydrogens (primary N) is 1. The minimum atomic E-state index is -1.08. The van der Waals surface area contributed by atoms with Gasteiger partial charge in [-0.15, -0.1) is 11.8 Å². The van der Waals surface area contributed by atoms with Gasteiger partial charge in [-0.25, -0.2) is 4.79 Å². The quantitative estimate of drug-likeness (QED) is 0.315. The molecule has 0 fully saturated rings. The number of allylic oxidation sites excluding steroid dienone is 2.